The molecule has 7 nitrogen and oxygen atoms in total. The fraction of sp³-hybridized carbons (Fsp3) is 0.222. The summed E-state index contributed by atoms with van der Waals surface area (Å²) < 4.78 is 28.9. The number of sulfonamides is 1. The molecule has 2 N–H and O–H groups in total. The zero-order valence-electron chi connectivity index (χ0n) is 14.6. The molecule has 1 aromatic heterocycles. The minimum atomic E-state index is -3.67. The molecule has 2 aromatic carbocycles. The van der Waals surface area contributed by atoms with Crippen molar-refractivity contribution >= 4 is 32.5 Å². The number of fused-ring (bicyclic) bond motifs is 1. The molecule has 0 atom stereocenters. The molecular formula is C18H20N4O3S. The molecule has 26 heavy (non-hydrogen) atoms. The maximum atomic E-state index is 12.4. The van der Waals surface area contributed by atoms with Crippen molar-refractivity contribution in [2.24, 2.45) is 7.05 Å². The molecule has 0 spiro atoms. The van der Waals surface area contributed by atoms with Gasteiger partial charge in [-0.3, -0.25) is 9.48 Å². The zero-order valence-corrected chi connectivity index (χ0v) is 15.4. The Morgan fingerprint density at radius 1 is 1.12 bits per heavy atom. The summed E-state index contributed by atoms with van der Waals surface area (Å²) in [6.07, 6.45) is 0.0248. The fourth-order valence-electron chi connectivity index (χ4n) is 2.65. The van der Waals surface area contributed by atoms with Gasteiger partial charge in [-0.2, -0.15) is 5.10 Å². The lowest BCUT2D eigenvalue weighted by atomic mass is 10.1. The van der Waals surface area contributed by atoms with Gasteiger partial charge in [-0.1, -0.05) is 30.3 Å². The lowest BCUT2D eigenvalue weighted by Gasteiger charge is -2.08. The molecule has 8 heteroatoms. The quantitative estimate of drug-likeness (QED) is 0.694. The van der Waals surface area contributed by atoms with Crippen molar-refractivity contribution in [2.75, 3.05) is 11.9 Å². The predicted octanol–water partition coefficient (Wildman–Crippen LogP) is 2.19. The smallest absolute Gasteiger partial charge is 0.240 e. The molecule has 0 bridgehead atoms. The van der Waals surface area contributed by atoms with Crippen LogP contribution in [-0.2, 0) is 21.9 Å². The van der Waals surface area contributed by atoms with Crippen molar-refractivity contribution < 1.29 is 13.2 Å². The highest BCUT2D eigenvalue weighted by Gasteiger charge is 2.15. The van der Waals surface area contributed by atoms with E-state index in [9.17, 15) is 13.2 Å². The molecule has 0 aliphatic heterocycles. The van der Waals surface area contributed by atoms with Gasteiger partial charge in [-0.05, 0) is 29.8 Å². The van der Waals surface area contributed by atoms with Gasteiger partial charge >= 0.3 is 0 Å². The summed E-state index contributed by atoms with van der Waals surface area (Å²) in [6, 6.07) is 14.2. The molecule has 1 heterocycles. The van der Waals surface area contributed by atoms with E-state index in [0.29, 0.717) is 5.82 Å². The number of carbonyl (C=O) groups is 1. The van der Waals surface area contributed by atoms with Gasteiger partial charge in [0.1, 0.15) is 5.82 Å². The van der Waals surface area contributed by atoms with E-state index < -0.39 is 10.0 Å². The van der Waals surface area contributed by atoms with Crippen molar-refractivity contribution in [1.82, 2.24) is 14.5 Å². The van der Waals surface area contributed by atoms with Crippen LogP contribution in [0.2, 0.25) is 0 Å². The summed E-state index contributed by atoms with van der Waals surface area (Å²) in [5.74, 6) is 0.291. The van der Waals surface area contributed by atoms with Gasteiger partial charge in [0.05, 0.1) is 10.6 Å². The number of amides is 1. The van der Waals surface area contributed by atoms with E-state index >= 15 is 0 Å². The maximum Gasteiger partial charge on any atom is 0.240 e. The number of hydrogen-bond donors (Lipinski definition) is 2. The highest BCUT2D eigenvalue weighted by molar-refractivity contribution is 7.89. The van der Waals surface area contributed by atoms with Gasteiger partial charge in [0.2, 0.25) is 15.9 Å². The van der Waals surface area contributed by atoms with E-state index in [4.69, 9.17) is 0 Å². The monoisotopic (exact) mass is 372 g/mol. The molecule has 0 fully saturated rings. The SMILES string of the molecule is Cc1cc(NC(=O)CCNS(=O)(=O)c2ccc3ccccc3c2)n(C)n1. The number of aryl methyl sites for hydroxylation is 2. The Kier molecular flexibility index (Phi) is 5.06. The summed E-state index contributed by atoms with van der Waals surface area (Å²) >= 11 is 0. The molecule has 3 rings (SSSR count). The highest BCUT2D eigenvalue weighted by Crippen LogP contribution is 2.18. The Bertz CT molecular complexity index is 1060. The second-order valence-corrected chi connectivity index (χ2v) is 7.77. The Morgan fingerprint density at radius 3 is 2.54 bits per heavy atom. The number of rotatable bonds is 6. The summed E-state index contributed by atoms with van der Waals surface area (Å²) in [6.45, 7) is 1.84. The van der Waals surface area contributed by atoms with E-state index in [2.05, 4.69) is 15.1 Å². The Labute approximate surface area is 152 Å². The van der Waals surface area contributed by atoms with E-state index in [0.717, 1.165) is 16.5 Å². The van der Waals surface area contributed by atoms with E-state index in [1.54, 1.807) is 36.0 Å². The van der Waals surface area contributed by atoms with Crippen LogP contribution in [0.4, 0.5) is 5.82 Å². The standard InChI is InChI=1S/C18H20N4O3S/c1-13-11-17(22(2)21-13)20-18(23)9-10-19-26(24,25)16-8-7-14-5-3-4-6-15(14)12-16/h3-8,11-12,19H,9-10H2,1-2H3,(H,20,23). The van der Waals surface area contributed by atoms with Crippen LogP contribution in [0.3, 0.4) is 0 Å². The average Bonchev–Trinajstić information content (AvgIpc) is 2.91. The van der Waals surface area contributed by atoms with E-state index in [1.165, 1.54) is 0 Å². The van der Waals surface area contributed by atoms with Crippen LogP contribution < -0.4 is 10.0 Å². The van der Waals surface area contributed by atoms with Gasteiger partial charge in [-0.15, -0.1) is 0 Å². The fourth-order valence-corrected chi connectivity index (χ4v) is 3.72. The number of aromatic nitrogens is 2. The lowest BCUT2D eigenvalue weighted by Crippen LogP contribution is -2.28. The van der Waals surface area contributed by atoms with Gasteiger partial charge in [0.15, 0.2) is 0 Å². The predicted molar refractivity (Wildman–Crippen MR) is 100 cm³/mol. The van der Waals surface area contributed by atoms with Crippen molar-refractivity contribution in [2.45, 2.75) is 18.2 Å². The summed E-state index contributed by atoms with van der Waals surface area (Å²) in [5, 5.41) is 8.66. The lowest BCUT2D eigenvalue weighted by molar-refractivity contribution is -0.116. The van der Waals surface area contributed by atoms with Crippen LogP contribution in [-0.4, -0.2) is 30.7 Å². The largest absolute Gasteiger partial charge is 0.311 e. The van der Waals surface area contributed by atoms with Gasteiger partial charge < -0.3 is 5.32 Å². The summed E-state index contributed by atoms with van der Waals surface area (Å²) in [7, 11) is -1.94. The third kappa shape index (κ3) is 4.09. The molecule has 0 aliphatic rings. The first kappa shape index (κ1) is 18.1. The number of anilines is 1. The first-order valence-electron chi connectivity index (χ1n) is 8.14. The molecule has 0 saturated heterocycles. The van der Waals surface area contributed by atoms with Crippen LogP contribution in [0.5, 0.6) is 0 Å². The van der Waals surface area contributed by atoms with Crippen LogP contribution >= 0.6 is 0 Å². The van der Waals surface area contributed by atoms with E-state index in [1.807, 2.05) is 31.2 Å². The van der Waals surface area contributed by atoms with Crippen molar-refractivity contribution in [1.29, 1.82) is 0 Å². The van der Waals surface area contributed by atoms with Gasteiger partial charge in [0.25, 0.3) is 0 Å². The van der Waals surface area contributed by atoms with Crippen LogP contribution in [0.25, 0.3) is 10.8 Å². The van der Waals surface area contributed by atoms with Crippen LogP contribution in [0.1, 0.15) is 12.1 Å². The van der Waals surface area contributed by atoms with Gasteiger partial charge in [-0.25, -0.2) is 13.1 Å². The number of carbonyl (C=O) groups excluding carboxylic acids is 1. The molecule has 1 amide bonds. The van der Waals surface area contributed by atoms with Crippen molar-refractivity contribution in [3.63, 3.8) is 0 Å². The Morgan fingerprint density at radius 2 is 1.85 bits per heavy atom. The maximum absolute atomic E-state index is 12.4. The zero-order chi connectivity index (χ0) is 18.7. The molecule has 0 radical (unpaired) electrons. The molecule has 3 aromatic rings. The summed E-state index contributed by atoms with van der Waals surface area (Å²) in [5.41, 5.74) is 0.791. The molecule has 0 saturated carbocycles. The number of nitrogens with zero attached hydrogens (tertiary/aromatic N) is 2. The molecule has 0 aliphatic carbocycles. The van der Waals surface area contributed by atoms with Crippen molar-refractivity contribution in [3.05, 3.63) is 54.2 Å². The third-order valence-corrected chi connectivity index (χ3v) is 5.40. The number of benzene rings is 2. The Balaban J connectivity index is 1.60. The second-order valence-electron chi connectivity index (χ2n) is 6.00. The topological polar surface area (TPSA) is 93.1 Å². The molecule has 136 valence electrons. The minimum Gasteiger partial charge on any atom is -0.311 e. The highest BCUT2D eigenvalue weighted by atomic mass is 32.2. The second kappa shape index (κ2) is 7.27. The molecule has 0 unspecified atom stereocenters. The first-order chi connectivity index (χ1) is 12.3. The first-order valence-corrected chi connectivity index (χ1v) is 9.62. The Hall–Kier alpha value is -2.71. The van der Waals surface area contributed by atoms with Crippen LogP contribution in [0.15, 0.2) is 53.4 Å². The minimum absolute atomic E-state index is 0.0117. The normalized spacial score (nSPS) is 11.6. The average molecular weight is 372 g/mol. The third-order valence-electron chi connectivity index (χ3n) is 3.94. The van der Waals surface area contributed by atoms with Crippen LogP contribution in [0, 0.1) is 6.92 Å². The number of hydrogen-bond acceptors (Lipinski definition) is 4. The van der Waals surface area contributed by atoms with E-state index in [-0.39, 0.29) is 23.8 Å². The van der Waals surface area contributed by atoms with Crippen molar-refractivity contribution in [3.8, 4) is 0 Å². The summed E-state index contributed by atoms with van der Waals surface area (Å²) in [4.78, 5) is 12.2. The molecular weight excluding hydrogens is 352 g/mol. The number of nitrogens with one attached hydrogen (secondary N) is 2. The van der Waals surface area contributed by atoms with Gasteiger partial charge in [0, 0.05) is 26.1 Å².